The highest BCUT2D eigenvalue weighted by Crippen LogP contribution is 2.19. The minimum Gasteiger partial charge on any atom is -0.342 e. The van der Waals surface area contributed by atoms with Crippen molar-refractivity contribution in [2.75, 3.05) is 51.3 Å². The average Bonchev–Trinajstić information content (AvgIpc) is 2.88. The fourth-order valence-corrected chi connectivity index (χ4v) is 3.82. The lowest BCUT2D eigenvalue weighted by molar-refractivity contribution is -0.130. The van der Waals surface area contributed by atoms with Crippen LogP contribution >= 0.6 is 36.6 Å². The van der Waals surface area contributed by atoms with Crippen LogP contribution in [0.15, 0.2) is 0 Å². The summed E-state index contributed by atoms with van der Waals surface area (Å²) in [6, 6.07) is 0.392. The van der Waals surface area contributed by atoms with Gasteiger partial charge in [0.05, 0.1) is 0 Å². The highest BCUT2D eigenvalue weighted by Gasteiger charge is 2.28. The van der Waals surface area contributed by atoms with E-state index < -0.39 is 0 Å². The molecule has 1 N–H and O–H groups in total. The summed E-state index contributed by atoms with van der Waals surface area (Å²) in [5, 5.41) is 3.45. The topological polar surface area (TPSA) is 35.6 Å². The SMILES string of the molecule is CCN(C)CC1CCN(C(=O)CC2CSCCN2)C1.Cl.Cl. The third kappa shape index (κ3) is 6.95. The molecule has 0 spiro atoms. The van der Waals surface area contributed by atoms with E-state index in [-0.39, 0.29) is 24.8 Å². The molecule has 0 bridgehead atoms. The van der Waals surface area contributed by atoms with Gasteiger partial charge in [-0.1, -0.05) is 6.92 Å². The summed E-state index contributed by atoms with van der Waals surface area (Å²) in [7, 11) is 2.16. The summed E-state index contributed by atoms with van der Waals surface area (Å²) >= 11 is 1.96. The first-order valence-corrected chi connectivity index (χ1v) is 8.62. The summed E-state index contributed by atoms with van der Waals surface area (Å²) in [5.74, 6) is 3.28. The van der Waals surface area contributed by atoms with Gasteiger partial charge < -0.3 is 15.1 Å². The number of carbonyl (C=O) groups is 1. The summed E-state index contributed by atoms with van der Waals surface area (Å²) in [6.45, 7) is 7.37. The first kappa shape index (κ1) is 21.3. The van der Waals surface area contributed by atoms with Crippen LogP contribution in [-0.4, -0.2) is 73.0 Å². The van der Waals surface area contributed by atoms with Gasteiger partial charge in [0.25, 0.3) is 0 Å². The molecule has 2 unspecified atom stereocenters. The number of thioether (sulfide) groups is 1. The number of amides is 1. The lowest BCUT2D eigenvalue weighted by Gasteiger charge is -2.25. The normalized spacial score (nSPS) is 25.4. The number of nitrogens with one attached hydrogen (secondary N) is 1. The second-order valence-corrected chi connectivity index (χ2v) is 6.93. The first-order chi connectivity index (χ1) is 9.19. The maximum atomic E-state index is 12.3. The molecule has 7 heteroatoms. The fraction of sp³-hybridized carbons (Fsp3) is 0.929. The van der Waals surface area contributed by atoms with Gasteiger partial charge in [0, 0.05) is 50.1 Å². The van der Waals surface area contributed by atoms with Crippen molar-refractivity contribution >= 4 is 42.5 Å². The van der Waals surface area contributed by atoms with Gasteiger partial charge in [-0.2, -0.15) is 11.8 Å². The number of halogens is 2. The van der Waals surface area contributed by atoms with Gasteiger partial charge in [-0.15, -0.1) is 24.8 Å². The van der Waals surface area contributed by atoms with E-state index in [0.717, 1.165) is 38.5 Å². The van der Waals surface area contributed by atoms with E-state index in [2.05, 4.69) is 29.1 Å². The molecule has 21 heavy (non-hydrogen) atoms. The fourth-order valence-electron chi connectivity index (χ4n) is 2.87. The average molecular weight is 358 g/mol. The molecule has 0 aliphatic carbocycles. The predicted octanol–water partition coefficient (Wildman–Crippen LogP) is 1.73. The number of rotatable bonds is 5. The van der Waals surface area contributed by atoms with Crippen molar-refractivity contribution in [2.24, 2.45) is 5.92 Å². The zero-order valence-electron chi connectivity index (χ0n) is 13.0. The quantitative estimate of drug-likeness (QED) is 0.812. The van der Waals surface area contributed by atoms with Gasteiger partial charge in [-0.05, 0) is 25.9 Å². The molecule has 1 amide bonds. The molecule has 2 rings (SSSR count). The van der Waals surface area contributed by atoms with Crippen LogP contribution in [0, 0.1) is 5.92 Å². The minimum atomic E-state index is 0. The lowest BCUT2D eigenvalue weighted by atomic mass is 10.1. The van der Waals surface area contributed by atoms with E-state index in [1.165, 1.54) is 12.2 Å². The highest BCUT2D eigenvalue weighted by molar-refractivity contribution is 7.99. The molecule has 0 aromatic heterocycles. The molecule has 0 radical (unpaired) electrons. The molecule has 2 aliphatic rings. The van der Waals surface area contributed by atoms with E-state index >= 15 is 0 Å². The Kier molecular flexibility index (Phi) is 11.1. The van der Waals surface area contributed by atoms with Crippen molar-refractivity contribution in [2.45, 2.75) is 25.8 Å². The molecular weight excluding hydrogens is 329 g/mol. The molecule has 0 aromatic rings. The largest absolute Gasteiger partial charge is 0.342 e. The smallest absolute Gasteiger partial charge is 0.224 e. The Labute approximate surface area is 145 Å². The van der Waals surface area contributed by atoms with Crippen LogP contribution in [-0.2, 0) is 4.79 Å². The number of hydrogen-bond donors (Lipinski definition) is 1. The summed E-state index contributed by atoms with van der Waals surface area (Å²) in [5.41, 5.74) is 0. The lowest BCUT2D eigenvalue weighted by Crippen LogP contribution is -2.42. The number of likely N-dealkylation sites (tertiary alicyclic amines) is 1. The van der Waals surface area contributed by atoms with E-state index in [1.54, 1.807) is 0 Å². The molecule has 2 saturated heterocycles. The Hall–Kier alpha value is 0.320. The van der Waals surface area contributed by atoms with Gasteiger partial charge in [0.15, 0.2) is 0 Å². The zero-order valence-corrected chi connectivity index (χ0v) is 15.5. The van der Waals surface area contributed by atoms with Crippen LogP contribution in [0.3, 0.4) is 0 Å². The van der Waals surface area contributed by atoms with E-state index in [1.807, 2.05) is 11.8 Å². The van der Waals surface area contributed by atoms with E-state index in [9.17, 15) is 4.79 Å². The molecule has 126 valence electrons. The van der Waals surface area contributed by atoms with E-state index in [0.29, 0.717) is 24.3 Å². The third-order valence-electron chi connectivity index (χ3n) is 4.17. The van der Waals surface area contributed by atoms with Crippen molar-refractivity contribution < 1.29 is 4.79 Å². The number of nitrogens with zero attached hydrogens (tertiary/aromatic N) is 2. The van der Waals surface area contributed by atoms with Crippen molar-refractivity contribution in [3.05, 3.63) is 0 Å². The maximum Gasteiger partial charge on any atom is 0.224 e. The van der Waals surface area contributed by atoms with Gasteiger partial charge in [-0.3, -0.25) is 4.79 Å². The molecular formula is C14H29Cl2N3OS. The van der Waals surface area contributed by atoms with Crippen LogP contribution < -0.4 is 5.32 Å². The van der Waals surface area contributed by atoms with Gasteiger partial charge >= 0.3 is 0 Å². The number of hydrogen-bond acceptors (Lipinski definition) is 4. The Bertz CT molecular complexity index is 304. The molecule has 0 saturated carbocycles. The van der Waals surface area contributed by atoms with Gasteiger partial charge in [-0.25, -0.2) is 0 Å². The Morgan fingerprint density at radius 1 is 1.43 bits per heavy atom. The van der Waals surface area contributed by atoms with Gasteiger partial charge in [0.2, 0.25) is 5.91 Å². The van der Waals surface area contributed by atoms with Crippen LogP contribution in [0.5, 0.6) is 0 Å². The Morgan fingerprint density at radius 3 is 2.81 bits per heavy atom. The Balaban J connectivity index is 0.00000200. The molecule has 2 fully saturated rings. The van der Waals surface area contributed by atoms with Gasteiger partial charge in [0.1, 0.15) is 0 Å². The second kappa shape index (κ2) is 10.9. The first-order valence-electron chi connectivity index (χ1n) is 7.46. The maximum absolute atomic E-state index is 12.3. The number of carbonyl (C=O) groups excluding carboxylic acids is 1. The molecule has 2 atom stereocenters. The highest BCUT2D eigenvalue weighted by atomic mass is 35.5. The minimum absolute atomic E-state index is 0. The van der Waals surface area contributed by atoms with Crippen LogP contribution in [0.25, 0.3) is 0 Å². The predicted molar refractivity (Wildman–Crippen MR) is 96.1 cm³/mol. The van der Waals surface area contributed by atoms with E-state index in [4.69, 9.17) is 0 Å². The molecule has 2 aliphatic heterocycles. The van der Waals surface area contributed by atoms with Crippen LogP contribution in [0.4, 0.5) is 0 Å². The van der Waals surface area contributed by atoms with Crippen LogP contribution in [0.1, 0.15) is 19.8 Å². The standard InChI is InChI=1S/C14H27N3OS.2ClH/c1-3-16(2)9-12-4-6-17(10-12)14(18)8-13-11-19-7-5-15-13;;/h12-13,15H,3-11H2,1-2H3;2*1H. The van der Waals surface area contributed by atoms with Crippen LogP contribution in [0.2, 0.25) is 0 Å². The zero-order chi connectivity index (χ0) is 13.7. The third-order valence-corrected chi connectivity index (χ3v) is 5.30. The van der Waals surface area contributed by atoms with Crippen molar-refractivity contribution in [3.8, 4) is 0 Å². The Morgan fingerprint density at radius 2 is 2.19 bits per heavy atom. The molecule has 4 nitrogen and oxygen atoms in total. The second-order valence-electron chi connectivity index (χ2n) is 5.78. The molecule has 2 heterocycles. The summed E-state index contributed by atoms with van der Waals surface area (Å²) < 4.78 is 0. The summed E-state index contributed by atoms with van der Waals surface area (Å²) in [4.78, 5) is 16.7. The van der Waals surface area contributed by atoms with Crippen molar-refractivity contribution in [1.29, 1.82) is 0 Å². The van der Waals surface area contributed by atoms with Crippen molar-refractivity contribution in [1.82, 2.24) is 15.1 Å². The monoisotopic (exact) mass is 357 g/mol. The summed E-state index contributed by atoms with van der Waals surface area (Å²) in [6.07, 6.45) is 1.85. The van der Waals surface area contributed by atoms with Crippen molar-refractivity contribution in [3.63, 3.8) is 0 Å². The molecule has 0 aromatic carbocycles.